The number of benzene rings is 1. The lowest BCUT2D eigenvalue weighted by molar-refractivity contribution is 0.0702. The van der Waals surface area contributed by atoms with Gasteiger partial charge in [-0.2, -0.15) is 0 Å². The van der Waals surface area contributed by atoms with Crippen molar-refractivity contribution in [1.82, 2.24) is 0 Å². The van der Waals surface area contributed by atoms with E-state index >= 15 is 0 Å². The van der Waals surface area contributed by atoms with E-state index in [-0.39, 0.29) is 6.04 Å². The first-order chi connectivity index (χ1) is 8.99. The van der Waals surface area contributed by atoms with Crippen molar-refractivity contribution in [3.05, 3.63) is 51.2 Å². The highest BCUT2D eigenvalue weighted by molar-refractivity contribution is 7.12. The fourth-order valence-corrected chi connectivity index (χ4v) is 2.81. The Balaban J connectivity index is 2.22. The van der Waals surface area contributed by atoms with Crippen molar-refractivity contribution < 1.29 is 9.90 Å². The largest absolute Gasteiger partial charge is 0.477 e. The number of thiophene rings is 1. The SMILES string of the molecule is CC(c1cccc(Cl)c1)N(C)c1csc(C(=O)O)c1. The summed E-state index contributed by atoms with van der Waals surface area (Å²) in [6.45, 7) is 2.06. The molecule has 19 heavy (non-hydrogen) atoms. The normalized spacial score (nSPS) is 12.2. The lowest BCUT2D eigenvalue weighted by atomic mass is 10.1. The van der Waals surface area contributed by atoms with Crippen LogP contribution in [0.4, 0.5) is 5.69 Å². The molecule has 0 radical (unpaired) electrons. The van der Waals surface area contributed by atoms with Gasteiger partial charge in [0.25, 0.3) is 0 Å². The molecule has 3 nitrogen and oxygen atoms in total. The van der Waals surface area contributed by atoms with Gasteiger partial charge in [0.05, 0.1) is 6.04 Å². The Kier molecular flexibility index (Phi) is 4.12. The zero-order chi connectivity index (χ0) is 14.0. The molecular weight excluding hydrogens is 282 g/mol. The summed E-state index contributed by atoms with van der Waals surface area (Å²) in [5.41, 5.74) is 1.99. The van der Waals surface area contributed by atoms with E-state index in [0.717, 1.165) is 11.3 Å². The Labute approximate surface area is 121 Å². The van der Waals surface area contributed by atoms with Crippen molar-refractivity contribution in [2.24, 2.45) is 0 Å². The van der Waals surface area contributed by atoms with Crippen molar-refractivity contribution in [2.75, 3.05) is 11.9 Å². The number of hydrogen-bond acceptors (Lipinski definition) is 3. The van der Waals surface area contributed by atoms with Crippen LogP contribution in [-0.2, 0) is 0 Å². The summed E-state index contributed by atoms with van der Waals surface area (Å²) in [5, 5.41) is 11.5. The lowest BCUT2D eigenvalue weighted by Crippen LogP contribution is -2.21. The van der Waals surface area contributed by atoms with Crippen LogP contribution in [-0.4, -0.2) is 18.1 Å². The van der Waals surface area contributed by atoms with Crippen LogP contribution in [0.2, 0.25) is 5.02 Å². The molecule has 0 amide bonds. The van der Waals surface area contributed by atoms with Crippen LogP contribution in [0.15, 0.2) is 35.7 Å². The topological polar surface area (TPSA) is 40.5 Å². The van der Waals surface area contributed by atoms with Crippen LogP contribution >= 0.6 is 22.9 Å². The molecule has 100 valence electrons. The highest BCUT2D eigenvalue weighted by Gasteiger charge is 2.15. The van der Waals surface area contributed by atoms with E-state index in [1.54, 1.807) is 6.07 Å². The summed E-state index contributed by atoms with van der Waals surface area (Å²) in [7, 11) is 1.94. The van der Waals surface area contributed by atoms with Crippen molar-refractivity contribution >= 4 is 34.6 Å². The zero-order valence-electron chi connectivity index (χ0n) is 10.6. The monoisotopic (exact) mass is 295 g/mol. The number of carboxylic acids is 1. The molecule has 2 aromatic rings. The van der Waals surface area contributed by atoms with Crippen LogP contribution in [0, 0.1) is 0 Å². The molecule has 1 N–H and O–H groups in total. The molecule has 0 bridgehead atoms. The Hall–Kier alpha value is -1.52. The van der Waals surface area contributed by atoms with Crippen molar-refractivity contribution in [3.8, 4) is 0 Å². The first-order valence-electron chi connectivity index (χ1n) is 5.79. The van der Waals surface area contributed by atoms with Gasteiger partial charge in [0.2, 0.25) is 0 Å². The molecule has 0 aliphatic carbocycles. The minimum absolute atomic E-state index is 0.120. The van der Waals surface area contributed by atoms with Gasteiger partial charge in [-0.25, -0.2) is 4.79 Å². The second-order valence-corrected chi connectivity index (χ2v) is 5.66. The van der Waals surface area contributed by atoms with E-state index in [0.29, 0.717) is 9.90 Å². The number of halogens is 1. The van der Waals surface area contributed by atoms with Gasteiger partial charge in [0, 0.05) is 23.1 Å². The van der Waals surface area contributed by atoms with Gasteiger partial charge in [-0.3, -0.25) is 0 Å². The molecule has 0 aliphatic heterocycles. The molecule has 0 aliphatic rings. The van der Waals surface area contributed by atoms with Crippen molar-refractivity contribution in [1.29, 1.82) is 0 Å². The van der Waals surface area contributed by atoms with Crippen LogP contribution in [0.25, 0.3) is 0 Å². The molecule has 1 atom stereocenters. The number of rotatable bonds is 4. The smallest absolute Gasteiger partial charge is 0.345 e. The van der Waals surface area contributed by atoms with Crippen molar-refractivity contribution in [2.45, 2.75) is 13.0 Å². The number of anilines is 1. The maximum absolute atomic E-state index is 10.9. The first-order valence-corrected chi connectivity index (χ1v) is 7.05. The predicted molar refractivity (Wildman–Crippen MR) is 79.5 cm³/mol. The minimum Gasteiger partial charge on any atom is -0.477 e. The lowest BCUT2D eigenvalue weighted by Gasteiger charge is -2.26. The standard InChI is InChI=1S/C14H14ClNO2S/c1-9(10-4-3-5-11(15)6-10)16(2)12-7-13(14(17)18)19-8-12/h3-9H,1-2H3,(H,17,18). The molecule has 0 saturated heterocycles. The molecular formula is C14H14ClNO2S. The Morgan fingerprint density at radius 2 is 2.16 bits per heavy atom. The minimum atomic E-state index is -0.889. The number of carbonyl (C=O) groups is 1. The summed E-state index contributed by atoms with van der Waals surface area (Å²) in [6.07, 6.45) is 0. The third-order valence-electron chi connectivity index (χ3n) is 3.12. The van der Waals surface area contributed by atoms with E-state index in [1.165, 1.54) is 11.3 Å². The summed E-state index contributed by atoms with van der Waals surface area (Å²) in [4.78, 5) is 13.3. The third kappa shape index (κ3) is 3.08. The fraction of sp³-hybridized carbons (Fsp3) is 0.214. The van der Waals surface area contributed by atoms with E-state index in [4.69, 9.17) is 16.7 Å². The van der Waals surface area contributed by atoms with Gasteiger partial charge in [0.15, 0.2) is 0 Å². The molecule has 0 spiro atoms. The Morgan fingerprint density at radius 1 is 1.42 bits per heavy atom. The van der Waals surface area contributed by atoms with Gasteiger partial charge < -0.3 is 10.0 Å². The molecule has 2 rings (SSSR count). The summed E-state index contributed by atoms with van der Waals surface area (Å²) in [6, 6.07) is 9.50. The molecule has 5 heteroatoms. The average molecular weight is 296 g/mol. The van der Waals surface area contributed by atoms with E-state index in [2.05, 4.69) is 6.92 Å². The number of hydrogen-bond donors (Lipinski definition) is 1. The Morgan fingerprint density at radius 3 is 2.74 bits per heavy atom. The van der Waals surface area contributed by atoms with Crippen LogP contribution < -0.4 is 4.90 Å². The van der Waals surface area contributed by atoms with Gasteiger partial charge in [-0.05, 0) is 30.7 Å². The number of nitrogens with zero attached hydrogens (tertiary/aromatic N) is 1. The molecule has 1 aromatic carbocycles. The molecule has 1 unspecified atom stereocenters. The molecule has 0 fully saturated rings. The maximum Gasteiger partial charge on any atom is 0.345 e. The van der Waals surface area contributed by atoms with Crippen LogP contribution in [0.3, 0.4) is 0 Å². The zero-order valence-corrected chi connectivity index (χ0v) is 12.2. The van der Waals surface area contributed by atoms with Gasteiger partial charge in [-0.15, -0.1) is 11.3 Å². The number of carboxylic acid groups (broad SMARTS) is 1. The van der Waals surface area contributed by atoms with E-state index in [9.17, 15) is 4.79 Å². The van der Waals surface area contributed by atoms with Gasteiger partial charge >= 0.3 is 5.97 Å². The predicted octanol–water partition coefficient (Wildman–Crippen LogP) is 4.30. The second kappa shape index (κ2) is 5.63. The Bertz CT molecular complexity index is 597. The summed E-state index contributed by atoms with van der Waals surface area (Å²) >= 11 is 7.23. The number of aromatic carboxylic acids is 1. The summed E-state index contributed by atoms with van der Waals surface area (Å²) in [5.74, 6) is -0.889. The highest BCUT2D eigenvalue weighted by Crippen LogP contribution is 2.30. The van der Waals surface area contributed by atoms with E-state index in [1.807, 2.05) is 41.6 Å². The second-order valence-electron chi connectivity index (χ2n) is 4.32. The molecule has 0 saturated carbocycles. The van der Waals surface area contributed by atoms with E-state index < -0.39 is 5.97 Å². The molecule has 1 heterocycles. The summed E-state index contributed by atoms with van der Waals surface area (Å²) < 4.78 is 0. The third-order valence-corrected chi connectivity index (χ3v) is 4.26. The van der Waals surface area contributed by atoms with Crippen molar-refractivity contribution in [3.63, 3.8) is 0 Å². The maximum atomic E-state index is 10.9. The average Bonchev–Trinajstić information content (AvgIpc) is 2.86. The first kappa shape index (κ1) is 13.9. The highest BCUT2D eigenvalue weighted by atomic mass is 35.5. The van der Waals surface area contributed by atoms with Gasteiger partial charge in [-0.1, -0.05) is 23.7 Å². The van der Waals surface area contributed by atoms with Crippen LogP contribution in [0.5, 0.6) is 0 Å². The van der Waals surface area contributed by atoms with Gasteiger partial charge in [0.1, 0.15) is 4.88 Å². The fourth-order valence-electron chi connectivity index (χ4n) is 1.84. The van der Waals surface area contributed by atoms with Crippen LogP contribution in [0.1, 0.15) is 28.2 Å². The molecule has 1 aromatic heterocycles. The quantitative estimate of drug-likeness (QED) is 0.914.